The SMILES string of the molecule is CCOCCOc1ccc(C(=O)Nc2ccc(NC(C)=O)cc2)cc1. The van der Waals surface area contributed by atoms with Crippen molar-refractivity contribution in [2.75, 3.05) is 30.5 Å². The first kappa shape index (κ1) is 18.5. The van der Waals surface area contributed by atoms with Crippen LogP contribution in [0.2, 0.25) is 0 Å². The number of carbonyl (C=O) groups is 2. The number of ether oxygens (including phenoxy) is 2. The van der Waals surface area contributed by atoms with E-state index in [1.165, 1.54) is 6.92 Å². The van der Waals surface area contributed by atoms with Gasteiger partial charge in [-0.15, -0.1) is 0 Å². The van der Waals surface area contributed by atoms with Crippen LogP contribution in [-0.2, 0) is 9.53 Å². The smallest absolute Gasteiger partial charge is 0.255 e. The van der Waals surface area contributed by atoms with Crippen molar-refractivity contribution >= 4 is 23.2 Å². The van der Waals surface area contributed by atoms with Crippen LogP contribution in [0, 0.1) is 0 Å². The first-order chi connectivity index (χ1) is 12.1. The van der Waals surface area contributed by atoms with Gasteiger partial charge in [-0.1, -0.05) is 0 Å². The first-order valence-electron chi connectivity index (χ1n) is 8.08. The van der Waals surface area contributed by atoms with Gasteiger partial charge in [-0.3, -0.25) is 9.59 Å². The van der Waals surface area contributed by atoms with Gasteiger partial charge in [-0.05, 0) is 55.5 Å². The molecule has 132 valence electrons. The first-order valence-corrected chi connectivity index (χ1v) is 8.08. The van der Waals surface area contributed by atoms with E-state index in [1.807, 2.05) is 6.92 Å². The molecule has 2 N–H and O–H groups in total. The molecule has 0 saturated heterocycles. The maximum absolute atomic E-state index is 12.2. The van der Waals surface area contributed by atoms with Gasteiger partial charge in [0.1, 0.15) is 12.4 Å². The molecule has 0 atom stereocenters. The molecule has 0 aromatic heterocycles. The zero-order valence-electron chi connectivity index (χ0n) is 14.4. The lowest BCUT2D eigenvalue weighted by Gasteiger charge is -2.09. The van der Waals surface area contributed by atoms with Gasteiger partial charge >= 0.3 is 0 Å². The van der Waals surface area contributed by atoms with Crippen LogP contribution in [0.1, 0.15) is 24.2 Å². The van der Waals surface area contributed by atoms with Crippen LogP contribution < -0.4 is 15.4 Å². The van der Waals surface area contributed by atoms with E-state index in [4.69, 9.17) is 9.47 Å². The van der Waals surface area contributed by atoms with Crippen molar-refractivity contribution in [1.29, 1.82) is 0 Å². The Morgan fingerprint density at radius 1 is 0.880 bits per heavy atom. The Morgan fingerprint density at radius 2 is 1.48 bits per heavy atom. The maximum Gasteiger partial charge on any atom is 0.255 e. The fraction of sp³-hybridized carbons (Fsp3) is 0.263. The number of nitrogens with one attached hydrogen (secondary N) is 2. The van der Waals surface area contributed by atoms with Crippen molar-refractivity contribution in [2.24, 2.45) is 0 Å². The molecule has 0 aliphatic carbocycles. The van der Waals surface area contributed by atoms with Gasteiger partial charge in [0.15, 0.2) is 0 Å². The summed E-state index contributed by atoms with van der Waals surface area (Å²) in [4.78, 5) is 23.2. The summed E-state index contributed by atoms with van der Waals surface area (Å²) in [7, 11) is 0. The zero-order valence-corrected chi connectivity index (χ0v) is 14.4. The highest BCUT2D eigenvalue weighted by Gasteiger charge is 2.06. The fourth-order valence-corrected chi connectivity index (χ4v) is 2.11. The number of anilines is 2. The van der Waals surface area contributed by atoms with E-state index < -0.39 is 0 Å². The van der Waals surface area contributed by atoms with Gasteiger partial charge in [0, 0.05) is 30.5 Å². The minimum Gasteiger partial charge on any atom is -0.491 e. The van der Waals surface area contributed by atoms with Crippen molar-refractivity contribution in [3.05, 3.63) is 54.1 Å². The molecule has 0 radical (unpaired) electrons. The molecule has 2 rings (SSSR count). The average molecular weight is 342 g/mol. The van der Waals surface area contributed by atoms with E-state index in [9.17, 15) is 9.59 Å². The Balaban J connectivity index is 1.88. The van der Waals surface area contributed by atoms with E-state index in [0.29, 0.717) is 42.5 Å². The molecule has 0 aliphatic rings. The lowest BCUT2D eigenvalue weighted by Crippen LogP contribution is -2.12. The second kappa shape index (κ2) is 9.44. The van der Waals surface area contributed by atoms with Crippen molar-refractivity contribution in [2.45, 2.75) is 13.8 Å². The Labute approximate surface area is 147 Å². The van der Waals surface area contributed by atoms with E-state index in [-0.39, 0.29) is 11.8 Å². The molecule has 0 saturated carbocycles. The number of carbonyl (C=O) groups excluding carboxylic acids is 2. The van der Waals surface area contributed by atoms with Crippen molar-refractivity contribution in [3.63, 3.8) is 0 Å². The average Bonchev–Trinajstić information content (AvgIpc) is 2.60. The Kier molecular flexibility index (Phi) is 6.98. The quantitative estimate of drug-likeness (QED) is 0.722. The van der Waals surface area contributed by atoms with Gasteiger partial charge in [0.25, 0.3) is 5.91 Å². The van der Waals surface area contributed by atoms with Gasteiger partial charge < -0.3 is 20.1 Å². The second-order valence-electron chi connectivity index (χ2n) is 5.28. The number of benzene rings is 2. The molecule has 0 heterocycles. The maximum atomic E-state index is 12.2. The molecule has 0 spiro atoms. The Bertz CT molecular complexity index is 696. The van der Waals surface area contributed by atoms with Crippen molar-refractivity contribution in [1.82, 2.24) is 0 Å². The van der Waals surface area contributed by atoms with Crippen LogP contribution in [0.5, 0.6) is 5.75 Å². The molecule has 0 aliphatic heterocycles. The summed E-state index contributed by atoms with van der Waals surface area (Å²) >= 11 is 0. The highest BCUT2D eigenvalue weighted by atomic mass is 16.5. The number of hydrogen-bond acceptors (Lipinski definition) is 4. The summed E-state index contributed by atoms with van der Waals surface area (Å²) in [5, 5.41) is 5.48. The molecule has 0 fully saturated rings. The highest BCUT2D eigenvalue weighted by Crippen LogP contribution is 2.16. The summed E-state index contributed by atoms with van der Waals surface area (Å²) in [6.07, 6.45) is 0. The molecule has 0 bridgehead atoms. The third-order valence-corrected chi connectivity index (χ3v) is 3.28. The van der Waals surface area contributed by atoms with Crippen LogP contribution in [0.3, 0.4) is 0 Å². The molecule has 6 nitrogen and oxygen atoms in total. The van der Waals surface area contributed by atoms with Crippen LogP contribution >= 0.6 is 0 Å². The Hall–Kier alpha value is -2.86. The summed E-state index contributed by atoms with van der Waals surface area (Å²) in [5.41, 5.74) is 1.86. The molecular weight excluding hydrogens is 320 g/mol. The van der Waals surface area contributed by atoms with E-state index in [2.05, 4.69) is 10.6 Å². The third kappa shape index (κ3) is 6.27. The van der Waals surface area contributed by atoms with Gasteiger partial charge in [-0.25, -0.2) is 0 Å². The fourth-order valence-electron chi connectivity index (χ4n) is 2.11. The molecular formula is C19H22N2O4. The molecule has 6 heteroatoms. The van der Waals surface area contributed by atoms with Crippen molar-refractivity contribution in [3.8, 4) is 5.75 Å². The summed E-state index contributed by atoms with van der Waals surface area (Å²) in [5.74, 6) is 0.337. The van der Waals surface area contributed by atoms with Gasteiger partial charge in [0.2, 0.25) is 5.91 Å². The van der Waals surface area contributed by atoms with Crippen LogP contribution in [-0.4, -0.2) is 31.6 Å². The summed E-state index contributed by atoms with van der Waals surface area (Å²) in [6.45, 7) is 5.04. The molecule has 2 aromatic rings. The monoisotopic (exact) mass is 342 g/mol. The zero-order chi connectivity index (χ0) is 18.1. The van der Waals surface area contributed by atoms with E-state index in [1.54, 1.807) is 48.5 Å². The van der Waals surface area contributed by atoms with Crippen molar-refractivity contribution < 1.29 is 19.1 Å². The predicted molar refractivity (Wildman–Crippen MR) is 97.1 cm³/mol. The summed E-state index contributed by atoms with van der Waals surface area (Å²) in [6, 6.07) is 13.8. The highest BCUT2D eigenvalue weighted by molar-refractivity contribution is 6.04. The van der Waals surface area contributed by atoms with E-state index in [0.717, 1.165) is 0 Å². The number of hydrogen-bond donors (Lipinski definition) is 2. The van der Waals surface area contributed by atoms with Crippen LogP contribution in [0.4, 0.5) is 11.4 Å². The normalized spacial score (nSPS) is 10.2. The van der Waals surface area contributed by atoms with Gasteiger partial charge in [0.05, 0.1) is 6.61 Å². The van der Waals surface area contributed by atoms with Crippen LogP contribution in [0.25, 0.3) is 0 Å². The second-order valence-corrected chi connectivity index (χ2v) is 5.28. The molecule has 2 aromatic carbocycles. The van der Waals surface area contributed by atoms with Crippen LogP contribution in [0.15, 0.2) is 48.5 Å². The topological polar surface area (TPSA) is 76.7 Å². The largest absolute Gasteiger partial charge is 0.491 e. The number of rotatable bonds is 8. The standard InChI is InChI=1S/C19H22N2O4/c1-3-24-12-13-25-18-10-4-15(5-11-18)19(23)21-17-8-6-16(7-9-17)20-14(2)22/h4-11H,3,12-13H2,1-2H3,(H,20,22)(H,21,23). The lowest BCUT2D eigenvalue weighted by molar-refractivity contribution is -0.114. The van der Waals surface area contributed by atoms with Gasteiger partial charge in [-0.2, -0.15) is 0 Å². The lowest BCUT2D eigenvalue weighted by atomic mass is 10.2. The third-order valence-electron chi connectivity index (χ3n) is 3.28. The number of amides is 2. The minimum atomic E-state index is -0.215. The predicted octanol–water partition coefficient (Wildman–Crippen LogP) is 3.31. The van der Waals surface area contributed by atoms with E-state index >= 15 is 0 Å². The minimum absolute atomic E-state index is 0.139. The summed E-state index contributed by atoms with van der Waals surface area (Å²) < 4.78 is 10.7. The molecule has 2 amide bonds. The Morgan fingerprint density at radius 3 is 2.04 bits per heavy atom. The molecule has 0 unspecified atom stereocenters. The molecule has 25 heavy (non-hydrogen) atoms.